The molecule has 0 bridgehead atoms. The van der Waals surface area contributed by atoms with E-state index in [0.29, 0.717) is 6.04 Å². The van der Waals surface area contributed by atoms with E-state index in [1.165, 1.54) is 35.0 Å². The van der Waals surface area contributed by atoms with Crippen LogP contribution in [0.25, 0.3) is 22.2 Å². The lowest BCUT2D eigenvalue weighted by atomic mass is 10.0. The van der Waals surface area contributed by atoms with Crippen molar-refractivity contribution in [1.29, 1.82) is 0 Å². The van der Waals surface area contributed by atoms with E-state index >= 15 is 0 Å². The van der Waals surface area contributed by atoms with E-state index in [-0.39, 0.29) is 6.23 Å². The van der Waals surface area contributed by atoms with Gasteiger partial charge in [-0.05, 0) is 55.3 Å². The molecule has 3 heterocycles. The predicted octanol–water partition coefficient (Wildman–Crippen LogP) is 5.71. The highest BCUT2D eigenvalue weighted by atomic mass is 16.5. The summed E-state index contributed by atoms with van der Waals surface area (Å²) in [4.78, 5) is 0. The molecule has 0 saturated carbocycles. The summed E-state index contributed by atoms with van der Waals surface area (Å²) in [6.45, 7) is 1.11. The molecule has 4 heteroatoms. The van der Waals surface area contributed by atoms with E-state index in [9.17, 15) is 0 Å². The Morgan fingerprint density at radius 3 is 2.67 bits per heavy atom. The van der Waals surface area contributed by atoms with Gasteiger partial charge in [0.15, 0.2) is 0 Å². The van der Waals surface area contributed by atoms with Crippen molar-refractivity contribution in [3.63, 3.8) is 0 Å². The van der Waals surface area contributed by atoms with Gasteiger partial charge in [-0.2, -0.15) is 0 Å². The monoisotopic (exact) mass is 395 g/mol. The number of fused-ring (bicyclic) bond motifs is 5. The third kappa shape index (κ3) is 2.71. The molecule has 2 aliphatic heterocycles. The fraction of sp³-hybridized carbons (Fsp3) is 0.231. The Bertz CT molecular complexity index is 1220. The molecule has 2 atom stereocenters. The quantitative estimate of drug-likeness (QED) is 0.466. The maximum absolute atomic E-state index is 6.59. The lowest BCUT2D eigenvalue weighted by Gasteiger charge is -2.30. The van der Waals surface area contributed by atoms with Gasteiger partial charge >= 0.3 is 0 Å². The molecular formula is C26H25N3O. The number of rotatable bonds is 3. The van der Waals surface area contributed by atoms with Crippen LogP contribution in [0, 0.1) is 0 Å². The molecule has 2 N–H and O–H groups in total. The summed E-state index contributed by atoms with van der Waals surface area (Å²) >= 11 is 0. The van der Waals surface area contributed by atoms with Crippen LogP contribution in [0.15, 0.2) is 72.8 Å². The van der Waals surface area contributed by atoms with E-state index in [1.807, 2.05) is 7.05 Å². The average Bonchev–Trinajstić information content (AvgIpc) is 3.46. The largest absolute Gasteiger partial charge is 0.465 e. The number of nitrogens with zero attached hydrogens (tertiary/aromatic N) is 1. The summed E-state index contributed by atoms with van der Waals surface area (Å²) in [6, 6.07) is 26.5. The van der Waals surface area contributed by atoms with E-state index in [0.717, 1.165) is 29.1 Å². The Labute approximate surface area is 176 Å². The number of ether oxygens (including phenoxy) is 1. The Balaban J connectivity index is 1.57. The predicted molar refractivity (Wildman–Crippen MR) is 122 cm³/mol. The molecule has 0 amide bonds. The van der Waals surface area contributed by atoms with E-state index in [2.05, 4.69) is 88.0 Å². The second kappa shape index (κ2) is 6.92. The number of benzene rings is 3. The standard InChI is InChI=1S/C26H25N3O/c1-27-20-10-11-21-24-15-19-14-18(22-8-5-13-28-22)9-12-23(19)29(24)26(30-25(21)16-20)17-6-3-2-4-7-17/h2-4,6-7,9-12,14-16,22,26-28H,5,8,13H2,1H3. The Morgan fingerprint density at radius 2 is 1.87 bits per heavy atom. The highest BCUT2D eigenvalue weighted by Crippen LogP contribution is 2.45. The first kappa shape index (κ1) is 17.6. The molecule has 3 aromatic carbocycles. The first-order chi connectivity index (χ1) is 14.8. The van der Waals surface area contributed by atoms with Crippen molar-refractivity contribution in [1.82, 2.24) is 9.88 Å². The molecule has 30 heavy (non-hydrogen) atoms. The second-order valence-electron chi connectivity index (χ2n) is 8.21. The van der Waals surface area contributed by atoms with Gasteiger partial charge in [0.2, 0.25) is 6.23 Å². The van der Waals surface area contributed by atoms with Crippen LogP contribution in [0.1, 0.15) is 36.2 Å². The summed E-state index contributed by atoms with van der Waals surface area (Å²) in [5, 5.41) is 8.12. The molecular weight excluding hydrogens is 370 g/mol. The van der Waals surface area contributed by atoms with Crippen molar-refractivity contribution >= 4 is 16.6 Å². The van der Waals surface area contributed by atoms with Gasteiger partial charge in [0.1, 0.15) is 5.75 Å². The number of anilines is 1. The minimum atomic E-state index is -0.186. The fourth-order valence-corrected chi connectivity index (χ4v) is 4.90. The normalized spacial score (nSPS) is 19.9. The lowest BCUT2D eigenvalue weighted by molar-refractivity contribution is 0.173. The summed E-state index contributed by atoms with van der Waals surface area (Å²) < 4.78 is 8.94. The first-order valence-electron chi connectivity index (χ1n) is 10.7. The molecule has 0 aliphatic carbocycles. The summed E-state index contributed by atoms with van der Waals surface area (Å²) in [7, 11) is 1.94. The van der Waals surface area contributed by atoms with Crippen LogP contribution < -0.4 is 15.4 Å². The van der Waals surface area contributed by atoms with Crippen molar-refractivity contribution in [2.75, 3.05) is 18.9 Å². The van der Waals surface area contributed by atoms with Gasteiger partial charge in [0.05, 0.1) is 11.2 Å². The SMILES string of the molecule is CNc1ccc2c(c1)OC(c1ccccc1)n1c-2cc2cc(C3CCCN3)ccc21. The molecule has 2 aliphatic rings. The minimum absolute atomic E-state index is 0.186. The molecule has 4 aromatic rings. The van der Waals surface area contributed by atoms with Gasteiger partial charge in [0, 0.05) is 41.4 Å². The molecule has 0 spiro atoms. The van der Waals surface area contributed by atoms with Crippen molar-refractivity contribution in [2.45, 2.75) is 25.1 Å². The molecule has 1 saturated heterocycles. The number of nitrogens with one attached hydrogen (secondary N) is 2. The maximum atomic E-state index is 6.59. The second-order valence-corrected chi connectivity index (χ2v) is 8.21. The van der Waals surface area contributed by atoms with Crippen LogP contribution >= 0.6 is 0 Å². The van der Waals surface area contributed by atoms with Crippen LogP contribution in [0.3, 0.4) is 0 Å². The Morgan fingerprint density at radius 1 is 0.967 bits per heavy atom. The van der Waals surface area contributed by atoms with Crippen LogP contribution in [0.4, 0.5) is 5.69 Å². The lowest BCUT2D eigenvalue weighted by Crippen LogP contribution is -2.22. The molecule has 150 valence electrons. The van der Waals surface area contributed by atoms with Crippen molar-refractivity contribution in [2.24, 2.45) is 0 Å². The van der Waals surface area contributed by atoms with E-state index in [1.54, 1.807) is 0 Å². The third-order valence-corrected chi connectivity index (χ3v) is 6.43. The molecule has 1 fully saturated rings. The zero-order chi connectivity index (χ0) is 20.1. The van der Waals surface area contributed by atoms with Crippen LogP contribution in [-0.2, 0) is 0 Å². The first-order valence-corrected chi connectivity index (χ1v) is 10.7. The summed E-state index contributed by atoms with van der Waals surface area (Å²) in [5.41, 5.74) is 7.14. The van der Waals surface area contributed by atoms with Crippen LogP contribution in [0.5, 0.6) is 5.75 Å². The minimum Gasteiger partial charge on any atom is -0.465 e. The topological polar surface area (TPSA) is 38.2 Å². The Kier molecular flexibility index (Phi) is 4.06. The van der Waals surface area contributed by atoms with Gasteiger partial charge in [-0.15, -0.1) is 0 Å². The highest BCUT2D eigenvalue weighted by Gasteiger charge is 2.29. The number of hydrogen-bond donors (Lipinski definition) is 2. The van der Waals surface area contributed by atoms with Gasteiger partial charge in [-0.3, -0.25) is 0 Å². The third-order valence-electron chi connectivity index (χ3n) is 6.43. The van der Waals surface area contributed by atoms with E-state index < -0.39 is 0 Å². The van der Waals surface area contributed by atoms with Gasteiger partial charge < -0.3 is 19.9 Å². The fourth-order valence-electron chi connectivity index (χ4n) is 4.90. The summed E-state index contributed by atoms with van der Waals surface area (Å²) in [5.74, 6) is 0.920. The molecule has 0 radical (unpaired) electrons. The highest BCUT2D eigenvalue weighted by molar-refractivity contribution is 5.90. The van der Waals surface area contributed by atoms with Gasteiger partial charge in [-0.1, -0.05) is 36.4 Å². The zero-order valence-corrected chi connectivity index (χ0v) is 17.1. The molecule has 2 unspecified atom stereocenters. The average molecular weight is 396 g/mol. The maximum Gasteiger partial charge on any atom is 0.203 e. The van der Waals surface area contributed by atoms with Crippen LogP contribution in [-0.4, -0.2) is 18.2 Å². The number of aromatic nitrogens is 1. The zero-order valence-electron chi connectivity index (χ0n) is 17.1. The summed E-state index contributed by atoms with van der Waals surface area (Å²) in [6.07, 6.45) is 2.28. The Hall–Kier alpha value is -3.24. The molecule has 1 aromatic heterocycles. The van der Waals surface area contributed by atoms with Crippen molar-refractivity contribution in [3.8, 4) is 17.0 Å². The van der Waals surface area contributed by atoms with Gasteiger partial charge in [-0.25, -0.2) is 0 Å². The number of hydrogen-bond acceptors (Lipinski definition) is 3. The smallest absolute Gasteiger partial charge is 0.203 e. The van der Waals surface area contributed by atoms with E-state index in [4.69, 9.17) is 4.74 Å². The van der Waals surface area contributed by atoms with Crippen molar-refractivity contribution in [3.05, 3.63) is 83.9 Å². The van der Waals surface area contributed by atoms with Gasteiger partial charge in [0.25, 0.3) is 0 Å². The van der Waals surface area contributed by atoms with Crippen molar-refractivity contribution < 1.29 is 4.74 Å². The van der Waals surface area contributed by atoms with Crippen LogP contribution in [0.2, 0.25) is 0 Å². The molecule has 6 rings (SSSR count). The molecule has 4 nitrogen and oxygen atoms in total.